The van der Waals surface area contributed by atoms with Crippen LogP contribution in [0.1, 0.15) is 59.3 Å². The molecule has 55 heavy (non-hydrogen) atoms. The molecule has 0 aromatic carbocycles. The largest absolute Gasteiger partial charge is 0.472 e. The number of imide groups is 2. The fourth-order valence-corrected chi connectivity index (χ4v) is 8.36. The van der Waals surface area contributed by atoms with Crippen molar-refractivity contribution in [3.8, 4) is 0 Å². The maximum atomic E-state index is 12.6. The van der Waals surface area contributed by atoms with Crippen molar-refractivity contribution in [1.29, 1.82) is 0 Å². The van der Waals surface area contributed by atoms with Crippen LogP contribution in [0.3, 0.4) is 0 Å². The third-order valence-electron chi connectivity index (χ3n) is 7.15. The van der Waals surface area contributed by atoms with Crippen molar-refractivity contribution in [2.24, 2.45) is 5.41 Å². The number of likely N-dealkylation sites (tertiary alicyclic amines) is 1. The Morgan fingerprint density at radius 3 is 1.42 bits per heavy atom. The molecule has 22 nitrogen and oxygen atoms in total. The fraction of sp³-hybridized carbons (Fsp3) is 0.786. The number of hydrogen-bond acceptors (Lipinski definition) is 17. The number of nitrogens with zero attached hydrogens (tertiary/aromatic N) is 2. The quantitative estimate of drug-likeness (QED) is 0.0457. The second-order valence-electron chi connectivity index (χ2n) is 12.9. The van der Waals surface area contributed by atoms with E-state index in [0.717, 1.165) is 22.0 Å². The van der Waals surface area contributed by atoms with E-state index in [0.29, 0.717) is 37.9 Å². The van der Waals surface area contributed by atoms with Crippen LogP contribution in [0.25, 0.3) is 0 Å². The monoisotopic (exact) mass is 890 g/mol. The topological polar surface area (TPSA) is 298 Å². The van der Waals surface area contributed by atoms with Crippen LogP contribution in [-0.4, -0.2) is 130 Å². The summed E-state index contributed by atoms with van der Waals surface area (Å²) in [5.74, 6) is -1.12. The first-order valence-electron chi connectivity index (χ1n) is 17.0. The molecule has 5 atom stereocenters. The second kappa shape index (κ2) is 23.4. The van der Waals surface area contributed by atoms with Gasteiger partial charge in [-0.15, -0.1) is 11.8 Å². The highest BCUT2D eigenvalue weighted by atomic mass is 32.2. The smallest absolute Gasteiger partial charge is 0.302 e. The van der Waals surface area contributed by atoms with Gasteiger partial charge in [0.15, 0.2) is 0 Å². The summed E-state index contributed by atoms with van der Waals surface area (Å²) >= 11 is 1.33. The van der Waals surface area contributed by atoms with E-state index in [9.17, 15) is 57.0 Å². The van der Waals surface area contributed by atoms with Crippen molar-refractivity contribution < 1.29 is 93.2 Å². The Hall–Kier alpha value is -1.19. The predicted molar refractivity (Wildman–Crippen MR) is 193 cm³/mol. The fourth-order valence-electron chi connectivity index (χ4n) is 4.36. The highest BCUT2D eigenvalue weighted by molar-refractivity contribution is 8.00. The Bertz CT molecular complexity index is 1510. The molecule has 0 saturated carbocycles. The molecule has 0 spiro atoms. The second-order valence-corrected chi connectivity index (χ2v) is 20.0. The molecule has 0 aliphatic carbocycles. The Morgan fingerprint density at radius 1 is 0.600 bits per heavy atom. The minimum atomic E-state index is -4.73. The molecule has 2 rings (SSSR count). The van der Waals surface area contributed by atoms with Gasteiger partial charge in [0.25, 0.3) is 11.8 Å². The minimum absolute atomic E-state index is 0.0324. The number of amides is 4. The molecule has 2 heterocycles. The number of rotatable bonds is 30. The van der Waals surface area contributed by atoms with Gasteiger partial charge in [0.05, 0.1) is 58.1 Å². The third-order valence-corrected chi connectivity index (χ3v) is 12.5. The number of hydrogen-bond donors (Lipinski definition) is 4. The van der Waals surface area contributed by atoms with Gasteiger partial charge >= 0.3 is 31.3 Å². The van der Waals surface area contributed by atoms with Gasteiger partial charge in [0.2, 0.25) is 11.8 Å². The van der Waals surface area contributed by atoms with E-state index in [2.05, 4.69) is 27.1 Å². The zero-order chi connectivity index (χ0) is 41.3. The SMILES string of the molecule is CC(C)(C)CCOP(=O)(O)OCCOP(=O)(O)OCCOP(=O)(O)OCCOP(=O)(O)OCCCCCCSC1CC(=O)N(CCN2C(=O)C=CC2=O)C1=O. The molecule has 318 valence electrons. The van der Waals surface area contributed by atoms with E-state index in [4.69, 9.17) is 9.05 Å². The summed E-state index contributed by atoms with van der Waals surface area (Å²) in [7, 11) is -18.4. The van der Waals surface area contributed by atoms with Crippen LogP contribution in [-0.2, 0) is 73.6 Å². The van der Waals surface area contributed by atoms with Crippen molar-refractivity contribution in [3.63, 3.8) is 0 Å². The van der Waals surface area contributed by atoms with E-state index in [-0.39, 0.29) is 50.0 Å². The number of phosphoric ester groups is 4. The molecule has 0 aromatic rings. The molecule has 5 unspecified atom stereocenters. The average Bonchev–Trinajstić information content (AvgIpc) is 3.53. The highest BCUT2D eigenvalue weighted by Crippen LogP contribution is 2.48. The Labute approximate surface area is 322 Å². The number of carbonyl (C=O) groups is 4. The first-order valence-corrected chi connectivity index (χ1v) is 24.0. The van der Waals surface area contributed by atoms with Crippen LogP contribution >= 0.6 is 43.1 Å². The van der Waals surface area contributed by atoms with E-state index in [1.807, 2.05) is 20.8 Å². The van der Waals surface area contributed by atoms with Crippen LogP contribution in [0, 0.1) is 5.41 Å². The summed E-state index contributed by atoms with van der Waals surface area (Å²) in [4.78, 5) is 89.0. The van der Waals surface area contributed by atoms with Crippen LogP contribution in [0.2, 0.25) is 0 Å². The molecule has 1 saturated heterocycles. The van der Waals surface area contributed by atoms with Gasteiger partial charge in [-0.2, -0.15) is 0 Å². The van der Waals surface area contributed by atoms with Crippen LogP contribution in [0.15, 0.2) is 12.2 Å². The first-order chi connectivity index (χ1) is 25.5. The standard InChI is InChI=1S/C28H50N2O20P4S/c1-28(2,3)10-14-44-52(37,38)46-16-18-48-54(41,42)50-20-19-49-53(39,40)47-17-15-45-51(35,36)43-13-6-4-5-7-21-55-23-22-26(33)30(27(23)34)12-11-29-24(31)8-9-25(29)32/h8-9,23H,4-7,10-22H2,1-3H3,(H,35,36)(H,37,38)(H,39,40)(H,41,42). The van der Waals surface area contributed by atoms with Crippen LogP contribution in [0.5, 0.6) is 0 Å². The van der Waals surface area contributed by atoms with Crippen LogP contribution in [0.4, 0.5) is 0 Å². The summed E-state index contributed by atoms with van der Waals surface area (Å²) in [6, 6.07) is 0. The maximum absolute atomic E-state index is 12.6. The van der Waals surface area contributed by atoms with Gasteiger partial charge in [-0.25, -0.2) is 18.3 Å². The van der Waals surface area contributed by atoms with Crippen LogP contribution < -0.4 is 0 Å². The zero-order valence-electron chi connectivity index (χ0n) is 30.7. The zero-order valence-corrected chi connectivity index (χ0v) is 35.1. The predicted octanol–water partition coefficient (Wildman–Crippen LogP) is 3.30. The Balaban J connectivity index is 1.48. The van der Waals surface area contributed by atoms with Gasteiger partial charge < -0.3 is 19.6 Å². The highest BCUT2D eigenvalue weighted by Gasteiger charge is 2.39. The summed E-state index contributed by atoms with van der Waals surface area (Å²) in [5, 5.41) is -0.548. The van der Waals surface area contributed by atoms with Gasteiger partial charge in [0.1, 0.15) is 0 Å². The Kier molecular flexibility index (Phi) is 21.3. The summed E-state index contributed by atoms with van der Waals surface area (Å²) in [6.45, 7) is 1.47. The van der Waals surface area contributed by atoms with Crippen molar-refractivity contribution in [2.75, 3.05) is 71.7 Å². The molecule has 0 aromatic heterocycles. The van der Waals surface area contributed by atoms with Gasteiger partial charge in [-0.05, 0) is 30.4 Å². The maximum Gasteiger partial charge on any atom is 0.472 e. The summed E-state index contributed by atoms with van der Waals surface area (Å²) < 4.78 is 85.0. The first kappa shape index (κ1) is 50.0. The lowest BCUT2D eigenvalue weighted by Gasteiger charge is -2.19. The number of unbranched alkanes of at least 4 members (excludes halogenated alkanes) is 3. The summed E-state index contributed by atoms with van der Waals surface area (Å²) in [5.41, 5.74) is -0.144. The number of thioether (sulfide) groups is 1. The minimum Gasteiger partial charge on any atom is -0.302 e. The number of phosphoric acid groups is 4. The molecule has 4 amide bonds. The average molecular weight is 891 g/mol. The number of carbonyl (C=O) groups excluding carboxylic acids is 4. The molecule has 0 bridgehead atoms. The van der Waals surface area contributed by atoms with Crippen molar-refractivity contribution in [2.45, 2.75) is 64.5 Å². The summed E-state index contributed by atoms with van der Waals surface area (Å²) in [6.07, 6.45) is 5.16. The molecular weight excluding hydrogens is 840 g/mol. The molecule has 4 N–H and O–H groups in total. The van der Waals surface area contributed by atoms with E-state index in [1.165, 1.54) is 11.8 Å². The van der Waals surface area contributed by atoms with E-state index >= 15 is 0 Å². The molecule has 2 aliphatic rings. The van der Waals surface area contributed by atoms with Gasteiger partial charge in [-0.3, -0.25) is 65.2 Å². The molecule has 2 aliphatic heterocycles. The normalized spacial score (nSPS) is 20.9. The van der Waals surface area contributed by atoms with Crippen molar-refractivity contribution >= 4 is 66.7 Å². The Morgan fingerprint density at radius 2 is 0.982 bits per heavy atom. The molecule has 27 heteroatoms. The molecule has 0 radical (unpaired) electrons. The lowest BCUT2D eigenvalue weighted by atomic mass is 9.93. The third kappa shape index (κ3) is 21.4. The van der Waals surface area contributed by atoms with Gasteiger partial charge in [-0.1, -0.05) is 33.6 Å². The lowest BCUT2D eigenvalue weighted by molar-refractivity contribution is -0.142. The van der Waals surface area contributed by atoms with Crippen molar-refractivity contribution in [3.05, 3.63) is 12.2 Å². The van der Waals surface area contributed by atoms with E-state index in [1.54, 1.807) is 0 Å². The molecule has 1 fully saturated rings. The molecular formula is C28H50N2O20P4S. The van der Waals surface area contributed by atoms with E-state index < -0.39 is 88.0 Å². The lowest BCUT2D eigenvalue weighted by Crippen LogP contribution is -2.41. The van der Waals surface area contributed by atoms with Gasteiger partial charge in [0, 0.05) is 31.7 Å². The van der Waals surface area contributed by atoms with Crippen molar-refractivity contribution in [1.82, 2.24) is 9.80 Å².